The van der Waals surface area contributed by atoms with E-state index < -0.39 is 0 Å². The first kappa shape index (κ1) is 14.0. The average Bonchev–Trinajstić information content (AvgIpc) is 2.96. The fourth-order valence-corrected chi connectivity index (χ4v) is 2.03. The largest absolute Gasteiger partial charge is 0.423 e. The normalized spacial score (nSPS) is 10.6. The molecule has 2 aromatic heterocycles. The minimum atomic E-state index is -0.325. The minimum absolute atomic E-state index is 0.196. The number of anilines is 2. The fourth-order valence-electron chi connectivity index (χ4n) is 2.03. The van der Waals surface area contributed by atoms with Gasteiger partial charge in [-0.3, -0.25) is 4.79 Å². The summed E-state index contributed by atoms with van der Waals surface area (Å²) < 4.78 is 5.61. The third kappa shape index (κ3) is 2.60. The highest BCUT2D eigenvalue weighted by molar-refractivity contribution is 5.97. The molecule has 0 aliphatic rings. The van der Waals surface area contributed by atoms with Crippen molar-refractivity contribution in [3.63, 3.8) is 0 Å². The van der Waals surface area contributed by atoms with Crippen LogP contribution in [-0.4, -0.2) is 28.1 Å². The van der Waals surface area contributed by atoms with Gasteiger partial charge in [-0.15, -0.1) is 5.10 Å². The van der Waals surface area contributed by atoms with Crippen molar-refractivity contribution in [1.29, 1.82) is 0 Å². The molecule has 1 amide bonds. The first-order valence-electron chi connectivity index (χ1n) is 6.92. The molecule has 0 saturated heterocycles. The van der Waals surface area contributed by atoms with Gasteiger partial charge >= 0.3 is 0 Å². The van der Waals surface area contributed by atoms with Crippen molar-refractivity contribution in [2.45, 2.75) is 13.3 Å². The first-order chi connectivity index (χ1) is 10.7. The van der Waals surface area contributed by atoms with E-state index in [4.69, 9.17) is 4.42 Å². The van der Waals surface area contributed by atoms with Gasteiger partial charge in [0.1, 0.15) is 5.52 Å². The molecule has 7 heteroatoms. The molecule has 2 N–H and O–H groups in total. The standard InChI is InChI=1S/C15H15N5O2/c1-3-9-8-11(13(20-19-9)14(21)16-2)18-15-17-10-6-4-5-7-12(10)22-15/h4-8H,3H2,1-2H3,(H,16,21)(H,17,18,19). The topological polar surface area (TPSA) is 92.9 Å². The molecule has 0 aliphatic carbocycles. The Morgan fingerprint density at radius 3 is 2.82 bits per heavy atom. The Morgan fingerprint density at radius 1 is 1.27 bits per heavy atom. The number of hydrogen-bond donors (Lipinski definition) is 2. The van der Waals surface area contributed by atoms with Crippen LogP contribution in [0, 0.1) is 0 Å². The van der Waals surface area contributed by atoms with Crippen LogP contribution in [0.1, 0.15) is 23.1 Å². The molecule has 7 nitrogen and oxygen atoms in total. The molecule has 0 aliphatic heterocycles. The Kier molecular flexibility index (Phi) is 3.69. The van der Waals surface area contributed by atoms with E-state index in [0.717, 1.165) is 11.2 Å². The van der Waals surface area contributed by atoms with Crippen LogP contribution in [0.2, 0.25) is 0 Å². The van der Waals surface area contributed by atoms with E-state index in [-0.39, 0.29) is 11.6 Å². The number of rotatable bonds is 4. The molecule has 112 valence electrons. The minimum Gasteiger partial charge on any atom is -0.423 e. The number of para-hydroxylation sites is 2. The molecule has 0 fully saturated rings. The number of carbonyl (C=O) groups is 1. The fraction of sp³-hybridized carbons (Fsp3) is 0.200. The third-order valence-electron chi connectivity index (χ3n) is 3.18. The van der Waals surface area contributed by atoms with Gasteiger partial charge < -0.3 is 15.1 Å². The van der Waals surface area contributed by atoms with Crippen LogP contribution in [0.25, 0.3) is 11.1 Å². The Bertz CT molecular complexity index is 795. The molecule has 22 heavy (non-hydrogen) atoms. The molecular formula is C15H15N5O2. The summed E-state index contributed by atoms with van der Waals surface area (Å²) in [7, 11) is 1.54. The van der Waals surface area contributed by atoms with Crippen LogP contribution < -0.4 is 10.6 Å². The second kappa shape index (κ2) is 5.80. The molecule has 0 saturated carbocycles. The zero-order chi connectivity index (χ0) is 15.5. The van der Waals surface area contributed by atoms with Crippen molar-refractivity contribution in [1.82, 2.24) is 20.5 Å². The highest BCUT2D eigenvalue weighted by Gasteiger charge is 2.16. The lowest BCUT2D eigenvalue weighted by Gasteiger charge is -2.08. The number of carbonyl (C=O) groups excluding carboxylic acids is 1. The van der Waals surface area contributed by atoms with Crippen LogP contribution >= 0.6 is 0 Å². The summed E-state index contributed by atoms with van der Waals surface area (Å²) in [6, 6.07) is 9.51. The summed E-state index contributed by atoms with van der Waals surface area (Å²) >= 11 is 0. The average molecular weight is 297 g/mol. The van der Waals surface area contributed by atoms with Gasteiger partial charge in [0.15, 0.2) is 11.3 Å². The molecule has 3 rings (SSSR count). The number of benzene rings is 1. The molecule has 0 atom stereocenters. The van der Waals surface area contributed by atoms with E-state index in [9.17, 15) is 4.79 Å². The second-order valence-corrected chi connectivity index (χ2v) is 4.64. The number of nitrogens with zero attached hydrogens (tertiary/aromatic N) is 3. The predicted octanol–water partition coefficient (Wildman–Crippen LogP) is 2.28. The zero-order valence-corrected chi connectivity index (χ0v) is 12.3. The van der Waals surface area contributed by atoms with Gasteiger partial charge in [0, 0.05) is 7.05 Å². The number of hydrogen-bond acceptors (Lipinski definition) is 6. The monoisotopic (exact) mass is 297 g/mol. The van der Waals surface area contributed by atoms with E-state index in [1.807, 2.05) is 31.2 Å². The van der Waals surface area contributed by atoms with Crippen molar-refractivity contribution in [3.8, 4) is 0 Å². The van der Waals surface area contributed by atoms with E-state index in [1.165, 1.54) is 0 Å². The van der Waals surface area contributed by atoms with E-state index in [2.05, 4.69) is 25.8 Å². The number of aryl methyl sites for hydroxylation is 1. The lowest BCUT2D eigenvalue weighted by molar-refractivity contribution is 0.0958. The Hall–Kier alpha value is -2.96. The summed E-state index contributed by atoms with van der Waals surface area (Å²) in [6.45, 7) is 1.97. The molecule has 3 aromatic rings. The summed E-state index contributed by atoms with van der Waals surface area (Å²) in [5.74, 6) is -0.325. The van der Waals surface area contributed by atoms with Crippen molar-refractivity contribution in [2.75, 3.05) is 12.4 Å². The molecular weight excluding hydrogens is 282 g/mol. The maximum Gasteiger partial charge on any atom is 0.300 e. The van der Waals surface area contributed by atoms with Crippen LogP contribution in [0.4, 0.5) is 11.7 Å². The number of nitrogens with one attached hydrogen (secondary N) is 2. The summed E-state index contributed by atoms with van der Waals surface area (Å²) in [5.41, 5.74) is 2.89. The van der Waals surface area contributed by atoms with Crippen LogP contribution in [0.5, 0.6) is 0 Å². The zero-order valence-electron chi connectivity index (χ0n) is 12.3. The molecule has 1 aromatic carbocycles. The smallest absolute Gasteiger partial charge is 0.300 e. The van der Waals surface area contributed by atoms with Gasteiger partial charge in [0.25, 0.3) is 11.9 Å². The van der Waals surface area contributed by atoms with E-state index in [0.29, 0.717) is 23.7 Å². The maximum atomic E-state index is 11.9. The number of amides is 1. The summed E-state index contributed by atoms with van der Waals surface area (Å²) in [4.78, 5) is 16.2. The number of fused-ring (bicyclic) bond motifs is 1. The maximum absolute atomic E-state index is 11.9. The van der Waals surface area contributed by atoms with Gasteiger partial charge in [-0.2, -0.15) is 10.1 Å². The highest BCUT2D eigenvalue weighted by Crippen LogP contribution is 2.23. The quantitative estimate of drug-likeness (QED) is 0.767. The van der Waals surface area contributed by atoms with Gasteiger partial charge in [-0.25, -0.2) is 0 Å². The molecule has 0 radical (unpaired) electrons. The van der Waals surface area contributed by atoms with Crippen molar-refractivity contribution >= 4 is 28.7 Å². The highest BCUT2D eigenvalue weighted by atomic mass is 16.4. The van der Waals surface area contributed by atoms with Crippen LogP contribution in [-0.2, 0) is 6.42 Å². The van der Waals surface area contributed by atoms with Gasteiger partial charge in [-0.1, -0.05) is 19.1 Å². The third-order valence-corrected chi connectivity index (χ3v) is 3.18. The van der Waals surface area contributed by atoms with Crippen LogP contribution in [0.3, 0.4) is 0 Å². The Morgan fingerprint density at radius 2 is 2.09 bits per heavy atom. The Balaban J connectivity index is 2.00. The van der Waals surface area contributed by atoms with Gasteiger partial charge in [-0.05, 0) is 24.6 Å². The summed E-state index contributed by atoms with van der Waals surface area (Å²) in [5, 5.41) is 13.5. The number of aromatic nitrogens is 3. The van der Waals surface area contributed by atoms with Crippen LogP contribution in [0.15, 0.2) is 34.7 Å². The molecule has 0 bridgehead atoms. The molecule has 0 spiro atoms. The second-order valence-electron chi connectivity index (χ2n) is 4.64. The lowest BCUT2D eigenvalue weighted by atomic mass is 10.2. The predicted molar refractivity (Wildman–Crippen MR) is 82.1 cm³/mol. The molecule has 0 unspecified atom stereocenters. The Labute approximate surface area is 126 Å². The van der Waals surface area contributed by atoms with Crippen molar-refractivity contribution < 1.29 is 9.21 Å². The molecule has 2 heterocycles. The van der Waals surface area contributed by atoms with Crippen molar-refractivity contribution in [2.24, 2.45) is 0 Å². The summed E-state index contributed by atoms with van der Waals surface area (Å²) in [6.07, 6.45) is 0.712. The SMILES string of the molecule is CCc1cc(Nc2nc3ccccc3o2)c(C(=O)NC)nn1. The lowest BCUT2D eigenvalue weighted by Crippen LogP contribution is -2.21. The van der Waals surface area contributed by atoms with Crippen molar-refractivity contribution in [3.05, 3.63) is 41.7 Å². The first-order valence-corrected chi connectivity index (χ1v) is 6.92. The van der Waals surface area contributed by atoms with E-state index >= 15 is 0 Å². The van der Waals surface area contributed by atoms with Gasteiger partial charge in [0.05, 0.1) is 11.4 Å². The van der Waals surface area contributed by atoms with E-state index in [1.54, 1.807) is 13.1 Å². The van der Waals surface area contributed by atoms with Gasteiger partial charge in [0.2, 0.25) is 0 Å². The number of oxazole rings is 1.